The van der Waals surface area contributed by atoms with Gasteiger partial charge in [0, 0.05) is 37.8 Å². The molecular formula is C23H25F2N3O3. The van der Waals surface area contributed by atoms with Gasteiger partial charge in [0.1, 0.15) is 5.75 Å². The van der Waals surface area contributed by atoms with Crippen LogP contribution in [0.2, 0.25) is 0 Å². The number of carbonyl (C=O) groups excluding carboxylic acids is 2. The second-order valence-electron chi connectivity index (χ2n) is 7.83. The first-order chi connectivity index (χ1) is 15.0. The molecule has 1 fully saturated rings. The van der Waals surface area contributed by atoms with Crippen LogP contribution in [0, 0.1) is 11.6 Å². The molecule has 1 atom stereocenters. The summed E-state index contributed by atoms with van der Waals surface area (Å²) in [6, 6.07) is 10.7. The van der Waals surface area contributed by atoms with Crippen molar-refractivity contribution >= 4 is 23.2 Å². The minimum Gasteiger partial charge on any atom is -0.477 e. The number of benzene rings is 2. The number of anilines is 2. The number of fused-ring (bicyclic) bond motifs is 1. The lowest BCUT2D eigenvalue weighted by Crippen LogP contribution is -2.51. The third-order valence-electron chi connectivity index (χ3n) is 5.62. The Balaban J connectivity index is 1.41. The number of nitrogens with zero attached hydrogens (tertiary/aromatic N) is 2. The monoisotopic (exact) mass is 429 g/mol. The van der Waals surface area contributed by atoms with Gasteiger partial charge in [0.2, 0.25) is 5.91 Å². The van der Waals surface area contributed by atoms with Crippen LogP contribution in [0.15, 0.2) is 42.5 Å². The van der Waals surface area contributed by atoms with Crippen LogP contribution < -0.4 is 15.0 Å². The molecule has 1 N–H and O–H groups in total. The van der Waals surface area contributed by atoms with Crippen LogP contribution in [0.5, 0.6) is 5.75 Å². The molecule has 2 amide bonds. The number of carbonyl (C=O) groups is 2. The van der Waals surface area contributed by atoms with Crippen molar-refractivity contribution in [1.82, 2.24) is 4.90 Å². The van der Waals surface area contributed by atoms with E-state index < -0.39 is 17.7 Å². The van der Waals surface area contributed by atoms with E-state index in [1.165, 1.54) is 6.07 Å². The number of nitrogens with one attached hydrogen (secondary N) is 1. The Bertz CT molecular complexity index is 963. The summed E-state index contributed by atoms with van der Waals surface area (Å²) in [7, 11) is 0. The standard InChI is InChI=1S/C23H25F2N3O3/c24-17-9-8-16(14-18(17)25)26-22(29)10-13-28-15-21(23(30)27-11-4-1-5-12-27)31-20-7-3-2-6-19(20)28/h2-3,6-9,14,21H,1,4-5,10-13,15H2,(H,26,29). The Morgan fingerprint density at radius 2 is 1.81 bits per heavy atom. The van der Waals surface area contributed by atoms with Crippen LogP contribution in [0.4, 0.5) is 20.2 Å². The highest BCUT2D eigenvalue weighted by Crippen LogP contribution is 2.33. The van der Waals surface area contributed by atoms with Gasteiger partial charge >= 0.3 is 0 Å². The van der Waals surface area contributed by atoms with Crippen molar-refractivity contribution < 1.29 is 23.1 Å². The van der Waals surface area contributed by atoms with E-state index in [0.717, 1.165) is 50.2 Å². The first kappa shape index (κ1) is 21.1. The molecule has 164 valence electrons. The SMILES string of the molecule is O=C(CCN1CC(C(=O)N2CCCCC2)Oc2ccccc21)Nc1ccc(F)c(F)c1. The van der Waals surface area contributed by atoms with Crippen molar-refractivity contribution in [2.75, 3.05) is 36.4 Å². The van der Waals surface area contributed by atoms with Gasteiger partial charge in [-0.15, -0.1) is 0 Å². The van der Waals surface area contributed by atoms with Crippen molar-refractivity contribution in [3.05, 3.63) is 54.1 Å². The molecule has 6 nitrogen and oxygen atoms in total. The van der Waals surface area contributed by atoms with Crippen LogP contribution in [-0.2, 0) is 9.59 Å². The van der Waals surface area contributed by atoms with E-state index in [2.05, 4.69) is 5.32 Å². The van der Waals surface area contributed by atoms with Gasteiger partial charge in [-0.3, -0.25) is 9.59 Å². The smallest absolute Gasteiger partial charge is 0.265 e. The van der Waals surface area contributed by atoms with Gasteiger partial charge in [-0.1, -0.05) is 12.1 Å². The molecule has 0 aliphatic carbocycles. The molecule has 0 bridgehead atoms. The molecule has 1 unspecified atom stereocenters. The molecule has 2 heterocycles. The average Bonchev–Trinajstić information content (AvgIpc) is 2.80. The molecule has 8 heteroatoms. The number of amides is 2. The van der Waals surface area contributed by atoms with Crippen LogP contribution in [0.1, 0.15) is 25.7 Å². The average molecular weight is 429 g/mol. The van der Waals surface area contributed by atoms with Gasteiger partial charge in [-0.2, -0.15) is 0 Å². The number of halogens is 2. The normalized spacial score (nSPS) is 18.2. The minimum atomic E-state index is -1.01. The lowest BCUT2D eigenvalue weighted by Gasteiger charge is -2.38. The summed E-state index contributed by atoms with van der Waals surface area (Å²) in [4.78, 5) is 29.2. The molecule has 0 radical (unpaired) electrons. The highest BCUT2D eigenvalue weighted by Gasteiger charge is 2.33. The number of rotatable bonds is 5. The molecule has 2 aromatic rings. The highest BCUT2D eigenvalue weighted by atomic mass is 19.2. The van der Waals surface area contributed by atoms with Crippen molar-refractivity contribution in [3.63, 3.8) is 0 Å². The number of hydrogen-bond donors (Lipinski definition) is 1. The Kier molecular flexibility index (Phi) is 6.34. The number of ether oxygens (including phenoxy) is 1. The minimum absolute atomic E-state index is 0.0227. The third-order valence-corrected chi connectivity index (χ3v) is 5.62. The van der Waals surface area contributed by atoms with Gasteiger partial charge in [0.05, 0.1) is 12.2 Å². The van der Waals surface area contributed by atoms with E-state index >= 15 is 0 Å². The van der Waals surface area contributed by atoms with E-state index in [1.807, 2.05) is 34.1 Å². The fourth-order valence-electron chi connectivity index (χ4n) is 4.00. The van der Waals surface area contributed by atoms with Gasteiger partial charge in [0.15, 0.2) is 17.7 Å². The topological polar surface area (TPSA) is 61.9 Å². The van der Waals surface area contributed by atoms with Crippen LogP contribution in [0.25, 0.3) is 0 Å². The lowest BCUT2D eigenvalue weighted by atomic mass is 10.1. The predicted octanol–water partition coefficient (Wildman–Crippen LogP) is 3.57. The number of piperidine rings is 1. The van der Waals surface area contributed by atoms with Crippen molar-refractivity contribution in [2.24, 2.45) is 0 Å². The summed E-state index contributed by atoms with van der Waals surface area (Å²) < 4.78 is 32.4. The van der Waals surface area contributed by atoms with Crippen LogP contribution in [0.3, 0.4) is 0 Å². The molecule has 2 aromatic carbocycles. The van der Waals surface area contributed by atoms with E-state index in [1.54, 1.807) is 0 Å². The van der Waals surface area contributed by atoms with Gasteiger partial charge < -0.3 is 19.9 Å². The zero-order valence-electron chi connectivity index (χ0n) is 17.2. The first-order valence-corrected chi connectivity index (χ1v) is 10.6. The maximum Gasteiger partial charge on any atom is 0.265 e. The fraction of sp³-hybridized carbons (Fsp3) is 0.391. The van der Waals surface area contributed by atoms with E-state index in [4.69, 9.17) is 4.74 Å². The van der Waals surface area contributed by atoms with Crippen molar-refractivity contribution in [1.29, 1.82) is 0 Å². The molecular weight excluding hydrogens is 404 g/mol. The molecule has 2 aliphatic heterocycles. The summed E-state index contributed by atoms with van der Waals surface area (Å²) in [6.45, 7) is 2.21. The second kappa shape index (κ2) is 9.32. The highest BCUT2D eigenvalue weighted by molar-refractivity contribution is 5.91. The maximum atomic E-state index is 13.4. The predicted molar refractivity (Wildman–Crippen MR) is 113 cm³/mol. The van der Waals surface area contributed by atoms with E-state index in [0.29, 0.717) is 18.8 Å². The second-order valence-corrected chi connectivity index (χ2v) is 7.83. The molecule has 0 saturated carbocycles. The van der Waals surface area contributed by atoms with Gasteiger partial charge in [0.25, 0.3) is 5.91 Å². The number of hydrogen-bond acceptors (Lipinski definition) is 4. The number of likely N-dealkylation sites (tertiary alicyclic amines) is 1. The summed E-state index contributed by atoms with van der Waals surface area (Å²) in [6.07, 6.45) is 2.64. The molecule has 1 saturated heterocycles. The summed E-state index contributed by atoms with van der Waals surface area (Å²) >= 11 is 0. The van der Waals surface area contributed by atoms with Gasteiger partial charge in [-0.25, -0.2) is 8.78 Å². The number of para-hydroxylation sites is 2. The maximum absolute atomic E-state index is 13.4. The summed E-state index contributed by atoms with van der Waals surface area (Å²) in [5.41, 5.74) is 1.02. The Morgan fingerprint density at radius 3 is 2.58 bits per heavy atom. The van der Waals surface area contributed by atoms with Crippen LogP contribution >= 0.6 is 0 Å². The largest absolute Gasteiger partial charge is 0.477 e. The Labute approximate surface area is 179 Å². The quantitative estimate of drug-likeness (QED) is 0.790. The molecule has 0 aromatic heterocycles. The zero-order valence-corrected chi connectivity index (χ0v) is 17.2. The summed E-state index contributed by atoms with van der Waals surface area (Å²) in [5, 5.41) is 2.58. The summed E-state index contributed by atoms with van der Waals surface area (Å²) in [5.74, 6) is -1.71. The molecule has 4 rings (SSSR count). The van der Waals surface area contributed by atoms with E-state index in [9.17, 15) is 18.4 Å². The van der Waals surface area contributed by atoms with Crippen molar-refractivity contribution in [3.8, 4) is 5.75 Å². The van der Waals surface area contributed by atoms with E-state index in [-0.39, 0.29) is 23.9 Å². The molecule has 2 aliphatic rings. The molecule has 0 spiro atoms. The Hall–Kier alpha value is -3.16. The zero-order chi connectivity index (χ0) is 21.8. The Morgan fingerprint density at radius 1 is 1.03 bits per heavy atom. The van der Waals surface area contributed by atoms with Crippen LogP contribution in [-0.4, -0.2) is 49.0 Å². The first-order valence-electron chi connectivity index (χ1n) is 10.6. The lowest BCUT2D eigenvalue weighted by molar-refractivity contribution is -0.139. The van der Waals surface area contributed by atoms with Crippen molar-refractivity contribution in [2.45, 2.75) is 31.8 Å². The third kappa shape index (κ3) is 4.95. The molecule has 31 heavy (non-hydrogen) atoms. The fourth-order valence-corrected chi connectivity index (χ4v) is 4.00. The van der Waals surface area contributed by atoms with Gasteiger partial charge in [-0.05, 0) is 43.5 Å².